The molecule has 1 amide bonds. The van der Waals surface area contributed by atoms with Crippen LogP contribution in [0.4, 0.5) is 17.3 Å². The predicted molar refractivity (Wildman–Crippen MR) is 143 cm³/mol. The first-order chi connectivity index (χ1) is 18.2. The Labute approximate surface area is 216 Å². The van der Waals surface area contributed by atoms with Crippen molar-refractivity contribution in [1.29, 1.82) is 0 Å². The number of pyridine rings is 2. The van der Waals surface area contributed by atoms with Crippen LogP contribution in [0.25, 0.3) is 0 Å². The van der Waals surface area contributed by atoms with Crippen LogP contribution in [0.5, 0.6) is 0 Å². The van der Waals surface area contributed by atoms with E-state index in [4.69, 9.17) is 4.98 Å². The zero-order valence-electron chi connectivity index (χ0n) is 20.8. The summed E-state index contributed by atoms with van der Waals surface area (Å²) >= 11 is 0. The number of carbonyl (C=O) groups is 1. The van der Waals surface area contributed by atoms with Gasteiger partial charge in [0.1, 0.15) is 18.0 Å². The maximum atomic E-state index is 13.9. The van der Waals surface area contributed by atoms with Crippen LogP contribution in [0.3, 0.4) is 0 Å². The molecule has 186 valence electrons. The van der Waals surface area contributed by atoms with Crippen LogP contribution in [0.15, 0.2) is 73.4 Å². The summed E-state index contributed by atoms with van der Waals surface area (Å²) < 4.78 is 0. The molecule has 0 aliphatic carbocycles. The molecule has 8 nitrogen and oxygen atoms in total. The lowest BCUT2D eigenvalue weighted by atomic mass is 10.0. The number of hydrogen-bond donors (Lipinski definition) is 1. The van der Waals surface area contributed by atoms with Crippen LogP contribution in [-0.2, 0) is 13.0 Å². The van der Waals surface area contributed by atoms with E-state index in [0.717, 1.165) is 48.0 Å². The summed E-state index contributed by atoms with van der Waals surface area (Å²) in [6, 6.07) is 16.2. The number of rotatable bonds is 5. The van der Waals surface area contributed by atoms with Gasteiger partial charge in [-0.1, -0.05) is 12.1 Å². The van der Waals surface area contributed by atoms with Crippen LogP contribution < -0.4 is 10.2 Å². The lowest BCUT2D eigenvalue weighted by molar-refractivity contribution is 0.0734. The van der Waals surface area contributed by atoms with Crippen LogP contribution in [0.1, 0.15) is 51.6 Å². The van der Waals surface area contributed by atoms with Gasteiger partial charge in [0.15, 0.2) is 0 Å². The maximum Gasteiger partial charge on any atom is 0.257 e. The number of nitrogens with one attached hydrogen (secondary N) is 1. The van der Waals surface area contributed by atoms with Gasteiger partial charge >= 0.3 is 0 Å². The van der Waals surface area contributed by atoms with E-state index in [1.807, 2.05) is 41.6 Å². The third-order valence-electron chi connectivity index (χ3n) is 7.20. The molecule has 1 N–H and O–H groups in total. The van der Waals surface area contributed by atoms with Crippen LogP contribution in [0, 0.1) is 6.92 Å². The number of anilines is 3. The molecule has 0 bridgehead atoms. The molecule has 2 aliphatic heterocycles. The van der Waals surface area contributed by atoms with Gasteiger partial charge in [0.2, 0.25) is 0 Å². The van der Waals surface area contributed by atoms with Crippen LogP contribution >= 0.6 is 0 Å². The molecule has 1 saturated heterocycles. The van der Waals surface area contributed by atoms with Gasteiger partial charge in [-0.2, -0.15) is 0 Å². The maximum absolute atomic E-state index is 13.9. The summed E-state index contributed by atoms with van der Waals surface area (Å²) in [5.74, 6) is 1.48. The predicted octanol–water partition coefficient (Wildman–Crippen LogP) is 4.86. The van der Waals surface area contributed by atoms with Gasteiger partial charge in [0.05, 0.1) is 23.8 Å². The first kappa shape index (κ1) is 23.1. The van der Waals surface area contributed by atoms with Gasteiger partial charge < -0.3 is 15.1 Å². The summed E-state index contributed by atoms with van der Waals surface area (Å²) in [5, 5.41) is 3.44. The Bertz CT molecular complexity index is 1420. The first-order valence-electron chi connectivity index (χ1n) is 12.7. The van der Waals surface area contributed by atoms with Crippen molar-refractivity contribution in [1.82, 2.24) is 24.8 Å². The van der Waals surface area contributed by atoms with Crippen molar-refractivity contribution in [3.8, 4) is 0 Å². The van der Waals surface area contributed by atoms with Crippen molar-refractivity contribution in [3.05, 3.63) is 101 Å². The molecule has 8 heteroatoms. The number of aromatic nitrogens is 4. The molecule has 0 spiro atoms. The highest BCUT2D eigenvalue weighted by Gasteiger charge is 2.32. The molecule has 4 aromatic rings. The van der Waals surface area contributed by atoms with Gasteiger partial charge in [0.25, 0.3) is 5.91 Å². The molecule has 1 aromatic carbocycles. The van der Waals surface area contributed by atoms with Crippen molar-refractivity contribution in [2.45, 2.75) is 38.8 Å². The number of hydrogen-bond acceptors (Lipinski definition) is 7. The van der Waals surface area contributed by atoms with E-state index in [0.29, 0.717) is 25.1 Å². The summed E-state index contributed by atoms with van der Waals surface area (Å²) in [6.07, 6.45) is 9.79. The second-order valence-electron chi connectivity index (χ2n) is 9.63. The summed E-state index contributed by atoms with van der Waals surface area (Å²) in [6.45, 7) is 3.98. The fourth-order valence-corrected chi connectivity index (χ4v) is 5.40. The van der Waals surface area contributed by atoms with E-state index in [-0.39, 0.29) is 11.9 Å². The molecule has 1 unspecified atom stereocenters. The van der Waals surface area contributed by atoms with E-state index in [1.165, 1.54) is 11.1 Å². The van der Waals surface area contributed by atoms with Crippen LogP contribution in [-0.4, -0.2) is 43.8 Å². The smallest absolute Gasteiger partial charge is 0.257 e. The zero-order valence-corrected chi connectivity index (χ0v) is 20.8. The van der Waals surface area contributed by atoms with Gasteiger partial charge in [-0.3, -0.25) is 9.78 Å². The molecule has 2 aliphatic rings. The summed E-state index contributed by atoms with van der Waals surface area (Å²) in [4.78, 5) is 36.0. The minimum Gasteiger partial charge on any atom is -0.349 e. The quantitative estimate of drug-likeness (QED) is 0.427. The highest BCUT2D eigenvalue weighted by molar-refractivity contribution is 5.99. The number of aryl methyl sites for hydroxylation is 1. The van der Waals surface area contributed by atoms with E-state index in [9.17, 15) is 4.79 Å². The monoisotopic (exact) mass is 491 g/mol. The molecule has 1 atom stereocenters. The number of benzene rings is 1. The Hall–Kier alpha value is -4.33. The third-order valence-corrected chi connectivity index (χ3v) is 7.20. The highest BCUT2D eigenvalue weighted by Crippen LogP contribution is 2.37. The highest BCUT2D eigenvalue weighted by atomic mass is 16.2. The fourth-order valence-electron chi connectivity index (χ4n) is 5.40. The Morgan fingerprint density at radius 1 is 1.00 bits per heavy atom. The Morgan fingerprint density at radius 2 is 1.89 bits per heavy atom. The summed E-state index contributed by atoms with van der Waals surface area (Å²) in [5.41, 5.74) is 5.92. The van der Waals surface area contributed by atoms with E-state index >= 15 is 0 Å². The topological polar surface area (TPSA) is 87.1 Å². The SMILES string of the molecule is Cc1cccc(Nc2ncnc3c2CN(C(=O)c2cccnc2N2CCCC2c2ccncc2)CC3)c1. The Kier molecular flexibility index (Phi) is 6.22. The molecule has 6 rings (SSSR count). The third kappa shape index (κ3) is 4.62. The van der Waals surface area contributed by atoms with E-state index in [1.54, 1.807) is 12.5 Å². The molecule has 5 heterocycles. The van der Waals surface area contributed by atoms with Crippen molar-refractivity contribution in [3.63, 3.8) is 0 Å². The second-order valence-corrected chi connectivity index (χ2v) is 9.63. The number of amides is 1. The summed E-state index contributed by atoms with van der Waals surface area (Å²) in [7, 11) is 0. The minimum absolute atomic E-state index is 0.0144. The van der Waals surface area contributed by atoms with Gasteiger partial charge in [-0.05, 0) is 67.3 Å². The van der Waals surface area contributed by atoms with Crippen molar-refractivity contribution in [2.24, 2.45) is 0 Å². The Balaban J connectivity index is 1.28. The average molecular weight is 492 g/mol. The fraction of sp³-hybridized carbons (Fsp3) is 0.276. The van der Waals surface area contributed by atoms with Gasteiger partial charge in [0, 0.05) is 49.4 Å². The lowest BCUT2D eigenvalue weighted by Gasteiger charge is -2.32. The number of nitrogens with zero attached hydrogens (tertiary/aromatic N) is 6. The van der Waals surface area contributed by atoms with Gasteiger partial charge in [-0.25, -0.2) is 15.0 Å². The normalized spacial score (nSPS) is 16.9. The zero-order chi connectivity index (χ0) is 25.2. The largest absolute Gasteiger partial charge is 0.349 e. The van der Waals surface area contributed by atoms with Crippen molar-refractivity contribution >= 4 is 23.2 Å². The standard InChI is InChI=1S/C29H29N7O/c1-20-5-2-6-22(17-20)34-27-24-18-35(16-11-25(24)32-19-33-27)29(37)23-7-3-12-31-28(23)36-15-4-8-26(36)21-9-13-30-14-10-21/h2-3,5-7,9-10,12-14,17,19,26H,4,8,11,15-16,18H2,1H3,(H,32,33,34). The molecular formula is C29H29N7O. The van der Waals surface area contributed by atoms with Crippen LogP contribution in [0.2, 0.25) is 0 Å². The Morgan fingerprint density at radius 3 is 2.76 bits per heavy atom. The first-order valence-corrected chi connectivity index (χ1v) is 12.7. The van der Waals surface area contributed by atoms with E-state index in [2.05, 4.69) is 56.4 Å². The van der Waals surface area contributed by atoms with E-state index < -0.39 is 0 Å². The van der Waals surface area contributed by atoms with Crippen molar-refractivity contribution in [2.75, 3.05) is 23.3 Å². The minimum atomic E-state index is -0.0144. The second kappa shape index (κ2) is 9.97. The number of fused-ring (bicyclic) bond motifs is 1. The molecule has 37 heavy (non-hydrogen) atoms. The average Bonchev–Trinajstić information content (AvgIpc) is 3.43. The van der Waals surface area contributed by atoms with Gasteiger partial charge in [-0.15, -0.1) is 0 Å². The molecule has 3 aromatic heterocycles. The molecule has 0 radical (unpaired) electrons. The molecule has 0 saturated carbocycles. The molecule has 1 fully saturated rings. The molecular weight excluding hydrogens is 462 g/mol. The van der Waals surface area contributed by atoms with Crippen molar-refractivity contribution < 1.29 is 4.79 Å². The lowest BCUT2D eigenvalue weighted by Crippen LogP contribution is -2.38. The number of carbonyl (C=O) groups excluding carboxylic acids is 1.